The fraction of sp³-hybridized carbons (Fsp3) is 0.333. The Kier molecular flexibility index (Phi) is 4.46. The van der Waals surface area contributed by atoms with Crippen molar-refractivity contribution < 1.29 is 5.11 Å². The third-order valence-electron chi connectivity index (χ3n) is 1.68. The van der Waals surface area contributed by atoms with Gasteiger partial charge in [0.1, 0.15) is 0 Å². The van der Waals surface area contributed by atoms with Gasteiger partial charge in [0.15, 0.2) is 0 Å². The minimum Gasteiger partial charge on any atom is -0.392 e. The first-order chi connectivity index (χ1) is 6.22. The number of hydrogen-bond donors (Lipinski definition) is 1. The van der Waals surface area contributed by atoms with Gasteiger partial charge in [-0.25, -0.2) is 0 Å². The van der Waals surface area contributed by atoms with E-state index in [9.17, 15) is 0 Å². The molecule has 0 unspecified atom stereocenters. The van der Waals surface area contributed by atoms with E-state index in [0.29, 0.717) is 0 Å². The molecule has 1 aromatic carbocycles. The molecule has 0 aromatic heterocycles. The van der Waals surface area contributed by atoms with Crippen molar-refractivity contribution in [1.29, 1.82) is 0 Å². The summed E-state index contributed by atoms with van der Waals surface area (Å²) in [6.45, 7) is 0.0436. The predicted molar refractivity (Wildman–Crippen MR) is 60.9 cm³/mol. The van der Waals surface area contributed by atoms with Crippen LogP contribution in [0.25, 0.3) is 0 Å². The highest BCUT2D eigenvalue weighted by Gasteiger charge is 2.07. The van der Waals surface area contributed by atoms with E-state index >= 15 is 0 Å². The Bertz CT molecular complexity index is 302. The van der Waals surface area contributed by atoms with Gasteiger partial charge in [0, 0.05) is 9.79 Å². The van der Waals surface area contributed by atoms with Gasteiger partial charge in [0.25, 0.3) is 0 Å². The van der Waals surface area contributed by atoms with Gasteiger partial charge < -0.3 is 5.11 Å². The van der Waals surface area contributed by atoms with Crippen LogP contribution in [-0.4, -0.2) is 17.6 Å². The minimum atomic E-state index is 0.0436. The van der Waals surface area contributed by atoms with Gasteiger partial charge in [0.2, 0.25) is 0 Å². The number of hydrogen-bond acceptors (Lipinski definition) is 3. The van der Waals surface area contributed by atoms with Gasteiger partial charge in [-0.3, -0.25) is 0 Å². The zero-order chi connectivity index (χ0) is 9.84. The average Bonchev–Trinajstić information content (AvgIpc) is 2.16. The SMILES string of the molecule is CSc1cc(CO)cc(Cl)c1SC. The smallest absolute Gasteiger partial charge is 0.0682 e. The van der Waals surface area contributed by atoms with E-state index in [1.165, 1.54) is 0 Å². The maximum absolute atomic E-state index is 8.97. The summed E-state index contributed by atoms with van der Waals surface area (Å²) in [4.78, 5) is 2.22. The molecule has 13 heavy (non-hydrogen) atoms. The standard InChI is InChI=1S/C9H11ClOS2/c1-12-8-4-6(5-11)3-7(10)9(8)13-2/h3-4,11H,5H2,1-2H3. The summed E-state index contributed by atoms with van der Waals surface area (Å²) in [5.74, 6) is 0. The van der Waals surface area contributed by atoms with Crippen LogP contribution in [0.5, 0.6) is 0 Å². The number of rotatable bonds is 3. The zero-order valence-corrected chi connectivity index (χ0v) is 9.89. The Labute approximate surface area is 91.9 Å². The van der Waals surface area contributed by atoms with E-state index in [4.69, 9.17) is 16.7 Å². The molecule has 0 aliphatic heterocycles. The van der Waals surface area contributed by atoms with Crippen LogP contribution in [0.1, 0.15) is 5.56 Å². The van der Waals surface area contributed by atoms with Crippen LogP contribution in [0.15, 0.2) is 21.9 Å². The summed E-state index contributed by atoms with van der Waals surface area (Å²) in [5.41, 5.74) is 0.868. The summed E-state index contributed by atoms with van der Waals surface area (Å²) in [7, 11) is 0. The molecule has 1 rings (SSSR count). The van der Waals surface area contributed by atoms with Crippen LogP contribution in [0, 0.1) is 0 Å². The fourth-order valence-electron chi connectivity index (χ4n) is 1.06. The van der Waals surface area contributed by atoms with E-state index in [1.54, 1.807) is 23.5 Å². The van der Waals surface area contributed by atoms with Crippen LogP contribution in [0.3, 0.4) is 0 Å². The van der Waals surface area contributed by atoms with Crippen LogP contribution in [0.2, 0.25) is 5.02 Å². The van der Waals surface area contributed by atoms with Crippen molar-refractivity contribution in [3.63, 3.8) is 0 Å². The second-order valence-electron chi connectivity index (χ2n) is 2.47. The van der Waals surface area contributed by atoms with Crippen molar-refractivity contribution in [2.75, 3.05) is 12.5 Å². The zero-order valence-electron chi connectivity index (χ0n) is 7.50. The molecule has 0 bridgehead atoms. The van der Waals surface area contributed by atoms with E-state index in [0.717, 1.165) is 20.4 Å². The monoisotopic (exact) mass is 234 g/mol. The number of halogens is 1. The molecule has 72 valence electrons. The van der Waals surface area contributed by atoms with Crippen molar-refractivity contribution in [2.24, 2.45) is 0 Å². The van der Waals surface area contributed by atoms with Gasteiger partial charge >= 0.3 is 0 Å². The van der Waals surface area contributed by atoms with Crippen molar-refractivity contribution in [3.05, 3.63) is 22.7 Å². The summed E-state index contributed by atoms with van der Waals surface area (Å²) < 4.78 is 0. The van der Waals surface area contributed by atoms with Gasteiger partial charge in [0.05, 0.1) is 11.6 Å². The molecule has 0 saturated carbocycles. The Morgan fingerprint density at radius 3 is 2.46 bits per heavy atom. The maximum atomic E-state index is 8.97. The van der Waals surface area contributed by atoms with Crippen LogP contribution >= 0.6 is 35.1 Å². The number of benzene rings is 1. The van der Waals surface area contributed by atoms with Crippen LogP contribution < -0.4 is 0 Å². The maximum Gasteiger partial charge on any atom is 0.0682 e. The Hall–Kier alpha value is 0.170. The predicted octanol–water partition coefficient (Wildman–Crippen LogP) is 3.28. The van der Waals surface area contributed by atoms with Gasteiger partial charge in [-0.15, -0.1) is 23.5 Å². The fourth-order valence-corrected chi connectivity index (χ4v) is 3.17. The molecule has 0 atom stereocenters. The largest absolute Gasteiger partial charge is 0.392 e. The Balaban J connectivity index is 3.20. The molecule has 0 aliphatic rings. The van der Waals surface area contributed by atoms with E-state index < -0.39 is 0 Å². The third kappa shape index (κ3) is 2.56. The molecule has 4 heteroatoms. The molecule has 1 nitrogen and oxygen atoms in total. The summed E-state index contributed by atoms with van der Waals surface area (Å²) in [5, 5.41) is 9.70. The molecule has 1 aromatic rings. The Morgan fingerprint density at radius 2 is 2.00 bits per heavy atom. The highest BCUT2D eigenvalue weighted by molar-refractivity contribution is 8.01. The average molecular weight is 235 g/mol. The van der Waals surface area contributed by atoms with E-state index in [1.807, 2.05) is 24.6 Å². The van der Waals surface area contributed by atoms with Gasteiger partial charge in [-0.05, 0) is 30.2 Å². The number of aliphatic hydroxyl groups is 1. The molecule has 0 aliphatic carbocycles. The summed E-state index contributed by atoms with van der Waals surface area (Å²) in [6, 6.07) is 3.79. The molecular formula is C9H11ClOS2. The highest BCUT2D eigenvalue weighted by atomic mass is 35.5. The van der Waals surface area contributed by atoms with E-state index in [-0.39, 0.29) is 6.61 Å². The lowest BCUT2D eigenvalue weighted by Crippen LogP contribution is -1.87. The second-order valence-corrected chi connectivity index (χ2v) is 4.54. The minimum absolute atomic E-state index is 0.0436. The van der Waals surface area contributed by atoms with Crippen molar-refractivity contribution in [3.8, 4) is 0 Å². The first kappa shape index (κ1) is 11.2. The van der Waals surface area contributed by atoms with Crippen LogP contribution in [0.4, 0.5) is 0 Å². The second kappa shape index (κ2) is 5.15. The number of thioether (sulfide) groups is 2. The first-order valence-electron chi connectivity index (χ1n) is 3.74. The normalized spacial score (nSPS) is 10.5. The molecule has 0 radical (unpaired) electrons. The highest BCUT2D eigenvalue weighted by Crippen LogP contribution is 2.35. The van der Waals surface area contributed by atoms with E-state index in [2.05, 4.69) is 0 Å². The molecular weight excluding hydrogens is 224 g/mol. The van der Waals surface area contributed by atoms with Gasteiger partial charge in [-0.1, -0.05) is 11.6 Å². The first-order valence-corrected chi connectivity index (χ1v) is 6.57. The molecule has 0 amide bonds. The number of aliphatic hydroxyl groups excluding tert-OH is 1. The summed E-state index contributed by atoms with van der Waals surface area (Å²) >= 11 is 9.33. The molecule has 0 heterocycles. The quantitative estimate of drug-likeness (QED) is 0.811. The Morgan fingerprint density at radius 1 is 1.31 bits per heavy atom. The molecule has 0 fully saturated rings. The van der Waals surface area contributed by atoms with Crippen molar-refractivity contribution >= 4 is 35.1 Å². The van der Waals surface area contributed by atoms with Crippen LogP contribution in [-0.2, 0) is 6.61 Å². The molecule has 1 N–H and O–H groups in total. The molecule has 0 spiro atoms. The molecule has 0 saturated heterocycles. The van der Waals surface area contributed by atoms with Crippen molar-refractivity contribution in [1.82, 2.24) is 0 Å². The third-order valence-corrected chi connectivity index (χ3v) is 3.83. The lowest BCUT2D eigenvalue weighted by Gasteiger charge is -2.08. The lowest BCUT2D eigenvalue weighted by atomic mass is 10.2. The topological polar surface area (TPSA) is 20.2 Å². The van der Waals surface area contributed by atoms with Gasteiger partial charge in [-0.2, -0.15) is 0 Å². The summed E-state index contributed by atoms with van der Waals surface area (Å²) in [6.07, 6.45) is 4.01. The lowest BCUT2D eigenvalue weighted by molar-refractivity contribution is 0.281. The van der Waals surface area contributed by atoms with Crippen molar-refractivity contribution in [2.45, 2.75) is 16.4 Å².